The van der Waals surface area contributed by atoms with Crippen LogP contribution >= 0.6 is 0 Å². The Balaban J connectivity index is 1.31. The molecule has 28 heavy (non-hydrogen) atoms. The summed E-state index contributed by atoms with van der Waals surface area (Å²) in [6.45, 7) is 3.31. The van der Waals surface area contributed by atoms with Crippen LogP contribution in [0.3, 0.4) is 0 Å². The minimum Gasteiger partial charge on any atom is -0.353 e. The summed E-state index contributed by atoms with van der Waals surface area (Å²) in [4.78, 5) is 27.4. The monoisotopic (exact) mass is 383 g/mol. The van der Waals surface area contributed by atoms with Crippen molar-refractivity contribution < 1.29 is 4.79 Å². The second kappa shape index (κ2) is 8.73. The maximum absolute atomic E-state index is 12.5. The van der Waals surface area contributed by atoms with Gasteiger partial charge < -0.3 is 5.32 Å². The van der Waals surface area contributed by atoms with Gasteiger partial charge in [0.15, 0.2) is 0 Å². The lowest BCUT2D eigenvalue weighted by Gasteiger charge is -2.24. The van der Waals surface area contributed by atoms with Gasteiger partial charge in [-0.1, -0.05) is 36.8 Å². The molecule has 1 atom stereocenters. The first kappa shape index (κ1) is 18.9. The Kier molecular flexibility index (Phi) is 5.90. The summed E-state index contributed by atoms with van der Waals surface area (Å²) in [5.41, 5.74) is 1.14. The Labute approximate surface area is 165 Å². The van der Waals surface area contributed by atoms with Crippen molar-refractivity contribution in [1.82, 2.24) is 24.6 Å². The Bertz CT molecular complexity index is 857. The van der Waals surface area contributed by atoms with Crippen molar-refractivity contribution in [2.24, 2.45) is 0 Å². The predicted octanol–water partition coefficient (Wildman–Crippen LogP) is 1.55. The first-order valence-electron chi connectivity index (χ1n) is 10.4. The molecule has 1 amide bonds. The fraction of sp³-hybridized carbons (Fsp3) is 0.571. The van der Waals surface area contributed by atoms with Crippen LogP contribution in [-0.2, 0) is 30.8 Å². The molecule has 0 radical (unpaired) electrons. The van der Waals surface area contributed by atoms with Gasteiger partial charge in [-0.3, -0.25) is 14.3 Å². The summed E-state index contributed by atoms with van der Waals surface area (Å²) in [7, 11) is 0. The molecule has 1 unspecified atom stereocenters. The Morgan fingerprint density at radius 1 is 1.11 bits per heavy atom. The number of nitrogens with zero attached hydrogens (tertiary/aromatic N) is 4. The molecular weight excluding hydrogens is 354 g/mol. The summed E-state index contributed by atoms with van der Waals surface area (Å²) in [6.07, 6.45) is 6.25. The molecule has 2 aliphatic heterocycles. The number of nitrogens with one attached hydrogen (secondary N) is 1. The van der Waals surface area contributed by atoms with E-state index in [9.17, 15) is 9.59 Å². The summed E-state index contributed by atoms with van der Waals surface area (Å²) in [5.74, 6) is 0.682. The second-order valence-electron chi connectivity index (χ2n) is 7.87. The second-order valence-corrected chi connectivity index (χ2v) is 7.87. The molecule has 7 heteroatoms. The Morgan fingerprint density at radius 2 is 1.96 bits per heavy atom. The third-order valence-corrected chi connectivity index (χ3v) is 5.84. The zero-order valence-corrected chi connectivity index (χ0v) is 16.3. The number of amides is 1. The smallest absolute Gasteiger partial charge is 0.346 e. The molecule has 3 heterocycles. The lowest BCUT2D eigenvalue weighted by Crippen LogP contribution is -2.42. The van der Waals surface area contributed by atoms with Crippen LogP contribution in [0.2, 0.25) is 0 Å². The maximum Gasteiger partial charge on any atom is 0.346 e. The zero-order valence-electron chi connectivity index (χ0n) is 16.3. The van der Waals surface area contributed by atoms with Crippen LogP contribution in [-0.4, -0.2) is 44.3 Å². The normalized spacial score (nSPS) is 19.9. The molecule has 2 aromatic rings. The molecule has 4 rings (SSSR count). The van der Waals surface area contributed by atoms with Crippen LogP contribution in [0.25, 0.3) is 0 Å². The number of rotatable bonds is 6. The molecule has 0 bridgehead atoms. The molecule has 7 nitrogen and oxygen atoms in total. The standard InChI is InChI=1S/C21H29N5O2/c27-20(16-26-21(28)25-13-6-2-5-11-19(25)23-26)22-14-18-10-7-12-24(18)15-17-8-3-1-4-9-17/h1,3-4,8-9,18H,2,5-7,10-16H2,(H,22,27). The number of fused-ring (bicyclic) bond motifs is 1. The predicted molar refractivity (Wildman–Crippen MR) is 107 cm³/mol. The highest BCUT2D eigenvalue weighted by Crippen LogP contribution is 2.19. The van der Waals surface area contributed by atoms with E-state index in [4.69, 9.17) is 0 Å². The van der Waals surface area contributed by atoms with Crippen LogP contribution in [0, 0.1) is 0 Å². The van der Waals surface area contributed by atoms with Gasteiger partial charge in [-0.05, 0) is 37.8 Å². The average molecular weight is 383 g/mol. The molecule has 1 aromatic heterocycles. The van der Waals surface area contributed by atoms with E-state index in [2.05, 4.69) is 39.6 Å². The van der Waals surface area contributed by atoms with E-state index < -0.39 is 0 Å². The summed E-state index contributed by atoms with van der Waals surface area (Å²) < 4.78 is 3.06. The molecule has 2 aliphatic rings. The first-order chi connectivity index (χ1) is 13.7. The zero-order chi connectivity index (χ0) is 19.3. The highest BCUT2D eigenvalue weighted by atomic mass is 16.2. The van der Waals surface area contributed by atoms with E-state index in [-0.39, 0.29) is 18.1 Å². The van der Waals surface area contributed by atoms with Gasteiger partial charge in [-0.15, -0.1) is 0 Å². The van der Waals surface area contributed by atoms with Gasteiger partial charge >= 0.3 is 5.69 Å². The van der Waals surface area contributed by atoms with E-state index in [1.807, 2.05) is 6.07 Å². The number of carbonyl (C=O) groups excluding carboxylic acids is 1. The lowest BCUT2D eigenvalue weighted by molar-refractivity contribution is -0.122. The number of hydrogen-bond donors (Lipinski definition) is 1. The number of aromatic nitrogens is 3. The fourth-order valence-electron chi connectivity index (χ4n) is 4.30. The van der Waals surface area contributed by atoms with Gasteiger partial charge in [0, 0.05) is 32.1 Å². The van der Waals surface area contributed by atoms with Crippen LogP contribution in [0.15, 0.2) is 35.1 Å². The van der Waals surface area contributed by atoms with Crippen LogP contribution in [0.4, 0.5) is 0 Å². The number of likely N-dealkylation sites (tertiary alicyclic amines) is 1. The van der Waals surface area contributed by atoms with Crippen molar-refractivity contribution in [1.29, 1.82) is 0 Å². The van der Waals surface area contributed by atoms with Gasteiger partial charge in [0.05, 0.1) is 0 Å². The van der Waals surface area contributed by atoms with Gasteiger partial charge in [0.2, 0.25) is 5.91 Å². The number of aryl methyl sites for hydroxylation is 1. The van der Waals surface area contributed by atoms with Crippen molar-refractivity contribution in [3.05, 3.63) is 52.2 Å². The van der Waals surface area contributed by atoms with Gasteiger partial charge in [-0.2, -0.15) is 5.10 Å². The molecule has 1 fully saturated rings. The maximum atomic E-state index is 12.5. The molecule has 0 spiro atoms. The highest BCUT2D eigenvalue weighted by molar-refractivity contribution is 5.75. The molecule has 0 saturated carbocycles. The largest absolute Gasteiger partial charge is 0.353 e. The van der Waals surface area contributed by atoms with E-state index in [0.717, 1.165) is 57.4 Å². The van der Waals surface area contributed by atoms with Crippen LogP contribution < -0.4 is 11.0 Å². The van der Waals surface area contributed by atoms with Crippen LogP contribution in [0.5, 0.6) is 0 Å². The van der Waals surface area contributed by atoms with E-state index in [1.54, 1.807) is 4.57 Å². The van der Waals surface area contributed by atoms with Crippen LogP contribution in [0.1, 0.15) is 43.5 Å². The summed E-state index contributed by atoms with van der Waals surface area (Å²) in [6, 6.07) is 10.8. The molecular formula is C21H29N5O2. The van der Waals surface area contributed by atoms with E-state index >= 15 is 0 Å². The number of carbonyl (C=O) groups is 1. The van der Waals surface area contributed by atoms with Crippen molar-refractivity contribution in [3.8, 4) is 0 Å². The SMILES string of the molecule is O=C(Cn1nc2n(c1=O)CCCCC2)NCC1CCCN1Cc1ccccc1. The Morgan fingerprint density at radius 3 is 2.82 bits per heavy atom. The highest BCUT2D eigenvalue weighted by Gasteiger charge is 2.25. The minimum absolute atomic E-state index is 0.00420. The van der Waals surface area contributed by atoms with Crippen molar-refractivity contribution >= 4 is 5.91 Å². The molecule has 1 aromatic carbocycles. The van der Waals surface area contributed by atoms with Crippen molar-refractivity contribution in [2.75, 3.05) is 13.1 Å². The van der Waals surface area contributed by atoms with Crippen molar-refractivity contribution in [2.45, 2.75) is 64.2 Å². The van der Waals surface area contributed by atoms with Gasteiger partial charge in [0.25, 0.3) is 0 Å². The third-order valence-electron chi connectivity index (χ3n) is 5.84. The Hall–Kier alpha value is -2.41. The van der Waals surface area contributed by atoms with Gasteiger partial charge in [-0.25, -0.2) is 9.48 Å². The minimum atomic E-state index is -0.154. The average Bonchev–Trinajstić information content (AvgIpc) is 3.16. The number of benzene rings is 1. The van der Waals surface area contributed by atoms with E-state index in [0.29, 0.717) is 19.1 Å². The summed E-state index contributed by atoms with van der Waals surface area (Å²) in [5, 5.41) is 7.42. The summed E-state index contributed by atoms with van der Waals surface area (Å²) >= 11 is 0. The first-order valence-corrected chi connectivity index (χ1v) is 10.4. The lowest BCUT2D eigenvalue weighted by atomic mass is 10.2. The molecule has 1 saturated heterocycles. The van der Waals surface area contributed by atoms with E-state index in [1.165, 1.54) is 10.2 Å². The fourth-order valence-corrected chi connectivity index (χ4v) is 4.30. The molecule has 0 aliphatic carbocycles. The quantitative estimate of drug-likeness (QED) is 0.822. The topological polar surface area (TPSA) is 72.2 Å². The number of hydrogen-bond acceptors (Lipinski definition) is 4. The van der Waals surface area contributed by atoms with Gasteiger partial charge in [0.1, 0.15) is 12.4 Å². The molecule has 150 valence electrons. The van der Waals surface area contributed by atoms with Crippen molar-refractivity contribution in [3.63, 3.8) is 0 Å². The molecule has 1 N–H and O–H groups in total. The third kappa shape index (κ3) is 4.35.